The van der Waals surface area contributed by atoms with Crippen LogP contribution in [0.15, 0.2) is 58.5 Å². The molecule has 1 aromatic heterocycles. The second kappa shape index (κ2) is 8.31. The molecule has 3 nitrogen and oxygen atoms in total. The van der Waals surface area contributed by atoms with Crippen LogP contribution in [0.3, 0.4) is 0 Å². The van der Waals surface area contributed by atoms with Crippen molar-refractivity contribution in [1.29, 1.82) is 0 Å². The number of fused-ring (bicyclic) bond motifs is 4. The second-order valence-corrected chi connectivity index (χ2v) is 10.1. The van der Waals surface area contributed by atoms with Gasteiger partial charge in [-0.25, -0.2) is 4.98 Å². The summed E-state index contributed by atoms with van der Waals surface area (Å²) < 4.78 is 1.92. The molecule has 1 spiro atoms. The van der Waals surface area contributed by atoms with E-state index in [0.29, 0.717) is 6.54 Å². The molecule has 2 aromatic carbocycles. The summed E-state index contributed by atoms with van der Waals surface area (Å²) in [5.74, 6) is 0.818. The van der Waals surface area contributed by atoms with Crippen molar-refractivity contribution in [3.63, 3.8) is 0 Å². The maximum absolute atomic E-state index is 13.9. The highest BCUT2D eigenvalue weighted by Gasteiger charge is 2.43. The number of rotatable bonds is 4. The van der Waals surface area contributed by atoms with Crippen LogP contribution >= 0.6 is 11.8 Å². The fourth-order valence-corrected chi connectivity index (χ4v) is 6.45. The van der Waals surface area contributed by atoms with Gasteiger partial charge < -0.3 is 0 Å². The molecule has 0 N–H and O–H groups in total. The lowest BCUT2D eigenvalue weighted by Crippen LogP contribution is -2.43. The Morgan fingerprint density at radius 1 is 1.03 bits per heavy atom. The van der Waals surface area contributed by atoms with Gasteiger partial charge in [-0.1, -0.05) is 85.1 Å². The van der Waals surface area contributed by atoms with Crippen LogP contribution in [-0.4, -0.2) is 9.55 Å². The maximum atomic E-state index is 13.9. The molecule has 5 rings (SSSR count). The smallest absolute Gasteiger partial charge is 0.258 e. The summed E-state index contributed by atoms with van der Waals surface area (Å²) in [5, 5.41) is 0.842. The largest absolute Gasteiger partial charge is 0.288 e. The maximum Gasteiger partial charge on any atom is 0.258 e. The Morgan fingerprint density at radius 2 is 1.77 bits per heavy atom. The molecule has 2 aliphatic rings. The highest BCUT2D eigenvalue weighted by atomic mass is 32.2. The van der Waals surface area contributed by atoms with Crippen molar-refractivity contribution in [3.8, 4) is 11.3 Å². The first-order chi connectivity index (χ1) is 15.1. The van der Waals surface area contributed by atoms with Crippen molar-refractivity contribution in [1.82, 2.24) is 9.55 Å². The molecule has 0 unspecified atom stereocenters. The normalized spacial score (nSPS) is 16.7. The highest BCUT2D eigenvalue weighted by Crippen LogP contribution is 2.48. The fraction of sp³-hybridized carbons (Fsp3) is 0.407. The molecule has 31 heavy (non-hydrogen) atoms. The monoisotopic (exact) mass is 430 g/mol. The number of hydrogen-bond acceptors (Lipinski definition) is 3. The van der Waals surface area contributed by atoms with Crippen LogP contribution in [0.4, 0.5) is 0 Å². The van der Waals surface area contributed by atoms with Gasteiger partial charge in [-0.15, -0.1) is 0 Å². The van der Waals surface area contributed by atoms with Gasteiger partial charge in [-0.2, -0.15) is 0 Å². The van der Waals surface area contributed by atoms with Gasteiger partial charge in [-0.3, -0.25) is 9.36 Å². The van der Waals surface area contributed by atoms with Gasteiger partial charge in [0.1, 0.15) is 0 Å². The van der Waals surface area contributed by atoms with Crippen molar-refractivity contribution in [2.75, 3.05) is 0 Å². The van der Waals surface area contributed by atoms with Crippen molar-refractivity contribution in [2.24, 2.45) is 0 Å². The topological polar surface area (TPSA) is 34.9 Å². The Balaban J connectivity index is 1.63. The molecule has 0 atom stereocenters. The van der Waals surface area contributed by atoms with Crippen molar-refractivity contribution in [3.05, 3.63) is 81.1 Å². The number of benzene rings is 2. The van der Waals surface area contributed by atoms with Gasteiger partial charge >= 0.3 is 0 Å². The van der Waals surface area contributed by atoms with Crippen molar-refractivity contribution >= 4 is 11.8 Å². The Bertz CT molecular complexity index is 1160. The summed E-state index contributed by atoms with van der Waals surface area (Å²) in [4.78, 5) is 19.1. The van der Waals surface area contributed by atoms with Gasteiger partial charge in [0.25, 0.3) is 5.56 Å². The summed E-state index contributed by atoms with van der Waals surface area (Å²) in [6, 6.07) is 17.2. The molecule has 1 heterocycles. The molecule has 0 bridgehead atoms. The second-order valence-electron chi connectivity index (χ2n) is 9.12. The van der Waals surface area contributed by atoms with E-state index in [-0.39, 0.29) is 11.0 Å². The Kier molecular flexibility index (Phi) is 5.51. The van der Waals surface area contributed by atoms with Gasteiger partial charge in [-0.05, 0) is 44.2 Å². The molecule has 0 radical (unpaired) electrons. The third-order valence-electron chi connectivity index (χ3n) is 7.08. The first-order valence-electron chi connectivity index (χ1n) is 11.5. The van der Waals surface area contributed by atoms with Crippen LogP contribution in [0.5, 0.6) is 0 Å². The lowest BCUT2D eigenvalue weighted by molar-refractivity contribution is 0.282. The average molecular weight is 431 g/mol. The Morgan fingerprint density at radius 3 is 2.52 bits per heavy atom. The van der Waals surface area contributed by atoms with Crippen molar-refractivity contribution in [2.45, 2.75) is 75.2 Å². The third-order valence-corrected chi connectivity index (χ3v) is 8.13. The lowest BCUT2D eigenvalue weighted by atomic mass is 9.62. The first kappa shape index (κ1) is 20.6. The lowest BCUT2D eigenvalue weighted by Gasteiger charge is -2.42. The molecular formula is C27H30N2OS. The van der Waals surface area contributed by atoms with E-state index >= 15 is 0 Å². The molecule has 2 aliphatic carbocycles. The molecule has 1 saturated carbocycles. The van der Waals surface area contributed by atoms with Crippen LogP contribution in [-0.2, 0) is 24.1 Å². The Labute approximate surface area is 188 Å². The summed E-state index contributed by atoms with van der Waals surface area (Å²) >= 11 is 1.68. The summed E-state index contributed by atoms with van der Waals surface area (Å²) in [7, 11) is 0. The molecule has 3 aromatic rings. The van der Waals surface area contributed by atoms with E-state index < -0.39 is 0 Å². The van der Waals surface area contributed by atoms with E-state index in [0.717, 1.165) is 47.0 Å². The van der Waals surface area contributed by atoms with Crippen LogP contribution in [0.25, 0.3) is 11.3 Å². The van der Waals surface area contributed by atoms with Crippen LogP contribution in [0.2, 0.25) is 0 Å². The van der Waals surface area contributed by atoms with E-state index in [1.807, 2.05) is 4.57 Å². The molecule has 4 heteroatoms. The van der Waals surface area contributed by atoms with Gasteiger partial charge in [0.2, 0.25) is 0 Å². The predicted octanol–water partition coefficient (Wildman–Crippen LogP) is 6.29. The summed E-state index contributed by atoms with van der Waals surface area (Å²) in [5.41, 5.74) is 7.13. The average Bonchev–Trinajstić information content (AvgIpc) is 2.79. The third kappa shape index (κ3) is 3.65. The number of thioether (sulfide) groups is 1. The number of nitrogens with zero attached hydrogens (tertiary/aromatic N) is 2. The van der Waals surface area contributed by atoms with E-state index in [1.54, 1.807) is 11.8 Å². The first-order valence-corrected chi connectivity index (χ1v) is 12.5. The zero-order chi connectivity index (χ0) is 21.4. The fourth-order valence-electron chi connectivity index (χ4n) is 5.44. The molecule has 160 valence electrons. The summed E-state index contributed by atoms with van der Waals surface area (Å²) in [6.07, 6.45) is 6.87. The minimum Gasteiger partial charge on any atom is -0.288 e. The van der Waals surface area contributed by atoms with Gasteiger partial charge in [0.05, 0.1) is 11.3 Å². The number of aryl methyl sites for hydroxylation is 1. The molecule has 1 fully saturated rings. The minimum atomic E-state index is -0.0386. The van der Waals surface area contributed by atoms with E-state index in [1.165, 1.54) is 36.0 Å². The molecule has 0 saturated heterocycles. The number of aromatic nitrogens is 2. The van der Waals surface area contributed by atoms with Gasteiger partial charge in [0.15, 0.2) is 5.16 Å². The quantitative estimate of drug-likeness (QED) is 0.360. The minimum absolute atomic E-state index is 0.0386. The SMILES string of the molecule is CCn1c(SCc2ccc(C)cc2)nc2c(c1=O)C1(CCCCC1)Cc1ccccc1-2. The molecule has 0 aliphatic heterocycles. The number of hydrogen-bond donors (Lipinski definition) is 0. The Hall–Kier alpha value is -2.33. The zero-order valence-electron chi connectivity index (χ0n) is 18.5. The van der Waals surface area contributed by atoms with E-state index in [4.69, 9.17) is 4.98 Å². The van der Waals surface area contributed by atoms with E-state index in [2.05, 4.69) is 62.4 Å². The predicted molar refractivity (Wildman–Crippen MR) is 129 cm³/mol. The van der Waals surface area contributed by atoms with Crippen molar-refractivity contribution < 1.29 is 0 Å². The van der Waals surface area contributed by atoms with E-state index in [9.17, 15) is 4.79 Å². The van der Waals surface area contributed by atoms with Crippen LogP contribution in [0, 0.1) is 6.92 Å². The van der Waals surface area contributed by atoms with Crippen LogP contribution < -0.4 is 5.56 Å². The standard InChI is InChI=1S/C27H30N2OS/c1-3-29-25(30)23-24(28-26(29)31-18-20-13-11-19(2)12-14-20)22-10-6-5-9-21(22)17-27(23)15-7-4-8-16-27/h5-6,9-14H,3-4,7-8,15-18H2,1-2H3. The molecule has 0 amide bonds. The molecular weight excluding hydrogens is 400 g/mol. The highest BCUT2D eigenvalue weighted by molar-refractivity contribution is 7.98. The van der Waals surface area contributed by atoms with Gasteiger partial charge in [0, 0.05) is 23.3 Å². The summed E-state index contributed by atoms with van der Waals surface area (Å²) in [6.45, 7) is 4.83. The van der Waals surface area contributed by atoms with Crippen LogP contribution in [0.1, 0.15) is 61.3 Å². The zero-order valence-corrected chi connectivity index (χ0v) is 19.3.